The molecule has 4 heterocycles. The summed E-state index contributed by atoms with van der Waals surface area (Å²) >= 11 is 1.90. The lowest BCUT2D eigenvalue weighted by molar-refractivity contribution is 0.590. The fraction of sp³-hybridized carbons (Fsp3) is 0.158. The summed E-state index contributed by atoms with van der Waals surface area (Å²) in [6, 6.07) is 68.4. The van der Waals surface area contributed by atoms with Crippen molar-refractivity contribution in [1.82, 2.24) is 0 Å². The molecule has 0 amide bonds. The minimum absolute atomic E-state index is 0.0187. The van der Waals surface area contributed by atoms with E-state index in [4.69, 9.17) is 0 Å². The summed E-state index contributed by atoms with van der Waals surface area (Å²) in [6.07, 6.45) is 0. The molecule has 4 aliphatic rings. The van der Waals surface area contributed by atoms with Crippen LogP contribution in [0.3, 0.4) is 0 Å². The number of hydrogen-bond donors (Lipinski definition) is 0. The van der Waals surface area contributed by atoms with E-state index in [-0.39, 0.29) is 10.8 Å². The lowest BCUT2D eigenvalue weighted by Gasteiger charge is -2.49. The Balaban J connectivity index is 1.16. The van der Waals surface area contributed by atoms with Gasteiger partial charge in [-0.25, -0.2) is 0 Å². The van der Waals surface area contributed by atoms with Gasteiger partial charge < -0.3 is 4.90 Å². The van der Waals surface area contributed by atoms with Crippen LogP contribution in [0.1, 0.15) is 74.9 Å². The highest BCUT2D eigenvalue weighted by molar-refractivity contribution is 7.99. The summed E-state index contributed by atoms with van der Waals surface area (Å²) in [7, 11) is -2.81. The van der Waals surface area contributed by atoms with Crippen LogP contribution in [0.25, 0.3) is 22.3 Å². The average molecular weight is 806 g/mol. The Hall–Kier alpha value is -5.87. The molecule has 0 aromatic heterocycles. The second-order valence-electron chi connectivity index (χ2n) is 19.3. The van der Waals surface area contributed by atoms with E-state index in [1.54, 1.807) is 0 Å². The maximum Gasteiger partial charge on any atom is 0.182 e. The molecular weight excluding hydrogens is 759 g/mol. The van der Waals surface area contributed by atoms with Crippen molar-refractivity contribution in [3.8, 4) is 22.3 Å². The van der Waals surface area contributed by atoms with Gasteiger partial charge in [-0.2, -0.15) is 0 Å². The summed E-state index contributed by atoms with van der Waals surface area (Å²) in [5.41, 5.74) is 17.0. The van der Waals surface area contributed by atoms with E-state index in [0.717, 1.165) is 0 Å². The molecule has 1 nitrogen and oxygen atoms in total. The summed E-state index contributed by atoms with van der Waals surface area (Å²) in [5, 5.41) is 6.08. The van der Waals surface area contributed by atoms with Gasteiger partial charge >= 0.3 is 0 Å². The Morgan fingerprint density at radius 3 is 1.35 bits per heavy atom. The molecule has 0 unspecified atom stereocenters. The lowest BCUT2D eigenvalue weighted by atomic mass is 9.62. The number of benzene rings is 8. The van der Waals surface area contributed by atoms with Crippen molar-refractivity contribution in [3.63, 3.8) is 0 Å². The first-order chi connectivity index (χ1) is 29.0. The van der Waals surface area contributed by atoms with Crippen LogP contribution in [0.5, 0.6) is 0 Å². The molecule has 4 aliphatic heterocycles. The Morgan fingerprint density at radius 2 is 0.817 bits per heavy atom. The number of rotatable bonds is 1. The van der Waals surface area contributed by atoms with E-state index >= 15 is 0 Å². The predicted molar refractivity (Wildman–Crippen MR) is 256 cm³/mol. The van der Waals surface area contributed by atoms with Gasteiger partial charge in [0.25, 0.3) is 0 Å². The van der Waals surface area contributed by atoms with Gasteiger partial charge in [0.1, 0.15) is 0 Å². The minimum atomic E-state index is -2.81. The van der Waals surface area contributed by atoms with E-state index in [0.29, 0.717) is 0 Å². The number of nitrogens with zero attached hydrogens (tertiary/aromatic N) is 1. The second kappa shape index (κ2) is 12.3. The van der Waals surface area contributed by atoms with Gasteiger partial charge in [-0.15, -0.1) is 0 Å². The van der Waals surface area contributed by atoms with E-state index in [1.165, 1.54) is 103 Å². The fourth-order valence-electron chi connectivity index (χ4n) is 11.3. The lowest BCUT2D eigenvalue weighted by Crippen LogP contribution is -2.71. The first kappa shape index (κ1) is 36.0. The third-order valence-corrected chi connectivity index (χ3v) is 20.1. The fourth-order valence-corrected chi connectivity index (χ4v) is 18.2. The minimum Gasteiger partial charge on any atom is -0.310 e. The number of anilines is 3. The molecule has 0 radical (unpaired) electrons. The van der Waals surface area contributed by atoms with Crippen molar-refractivity contribution < 1.29 is 0 Å². The molecule has 0 bridgehead atoms. The summed E-state index contributed by atoms with van der Waals surface area (Å²) < 4.78 is 0. The van der Waals surface area contributed by atoms with Crippen molar-refractivity contribution in [2.45, 2.75) is 67.6 Å². The largest absolute Gasteiger partial charge is 0.310 e. The van der Waals surface area contributed by atoms with Crippen LogP contribution in [-0.2, 0) is 16.2 Å². The summed E-state index contributed by atoms with van der Waals surface area (Å²) in [6.45, 7) is 14.2. The van der Waals surface area contributed by atoms with Gasteiger partial charge in [0, 0.05) is 15.5 Å². The third-order valence-electron chi connectivity index (χ3n) is 14.1. The summed E-state index contributed by atoms with van der Waals surface area (Å²) in [5.74, 6) is 0. The Labute approximate surface area is 359 Å². The van der Waals surface area contributed by atoms with Gasteiger partial charge in [-0.05, 0) is 124 Å². The molecule has 2 spiro atoms. The Kier molecular flexibility index (Phi) is 7.41. The van der Waals surface area contributed by atoms with Crippen LogP contribution in [0.4, 0.5) is 17.1 Å². The maximum atomic E-state index is 2.62. The van der Waals surface area contributed by atoms with E-state index in [2.05, 4.69) is 222 Å². The first-order valence-electron chi connectivity index (χ1n) is 21.4. The quantitative estimate of drug-likeness (QED) is 0.152. The molecule has 0 N–H and O–H groups in total. The topological polar surface area (TPSA) is 3.24 Å². The van der Waals surface area contributed by atoms with Gasteiger partial charge in [-0.1, -0.05) is 193 Å². The number of fused-ring (bicyclic) bond motifs is 18. The Morgan fingerprint density at radius 1 is 0.400 bits per heavy atom. The zero-order chi connectivity index (χ0) is 40.8. The zero-order valence-corrected chi connectivity index (χ0v) is 36.9. The van der Waals surface area contributed by atoms with Crippen molar-refractivity contribution >= 4 is 57.6 Å². The highest BCUT2D eigenvalue weighted by Gasteiger charge is 2.55. The van der Waals surface area contributed by atoms with Crippen molar-refractivity contribution in [2.75, 3.05) is 4.90 Å². The van der Waals surface area contributed by atoms with Gasteiger partial charge in [0.05, 0.1) is 16.8 Å². The van der Waals surface area contributed by atoms with Crippen molar-refractivity contribution in [2.24, 2.45) is 0 Å². The highest BCUT2D eigenvalue weighted by Crippen LogP contribution is 2.62. The molecule has 8 aromatic rings. The van der Waals surface area contributed by atoms with Crippen LogP contribution in [-0.4, -0.2) is 8.07 Å². The average Bonchev–Trinajstić information content (AvgIpc) is 3.72. The van der Waals surface area contributed by atoms with Crippen LogP contribution in [0.15, 0.2) is 186 Å². The van der Waals surface area contributed by atoms with Crippen LogP contribution in [0, 0.1) is 0 Å². The molecule has 0 saturated heterocycles. The monoisotopic (exact) mass is 805 g/mol. The number of hydrogen-bond acceptors (Lipinski definition) is 2. The van der Waals surface area contributed by atoms with E-state index in [1.807, 2.05) is 11.8 Å². The van der Waals surface area contributed by atoms with Gasteiger partial charge in [0.2, 0.25) is 0 Å². The van der Waals surface area contributed by atoms with Gasteiger partial charge in [-0.3, -0.25) is 0 Å². The normalized spacial score (nSPS) is 15.7. The SMILES string of the molecule is CC(C)(C)c1ccc2c(c1)[Si]1(c3ccccc3-c3ccc(N4c5ccccc5C5(c6ccccc6Sc6ccccc65)c5ccccc54)cc31)c1cc(C(C)(C)C)ccc1-2. The molecule has 8 aromatic carbocycles. The van der Waals surface area contributed by atoms with Crippen molar-refractivity contribution in [1.29, 1.82) is 0 Å². The molecule has 3 heteroatoms. The molecule has 0 atom stereocenters. The van der Waals surface area contributed by atoms with Crippen molar-refractivity contribution in [3.05, 3.63) is 209 Å². The maximum absolute atomic E-state index is 2.81. The molecule has 290 valence electrons. The molecule has 60 heavy (non-hydrogen) atoms. The Bertz CT molecular complexity index is 2960. The first-order valence-corrected chi connectivity index (χ1v) is 24.2. The van der Waals surface area contributed by atoms with Crippen LogP contribution < -0.4 is 25.6 Å². The zero-order valence-electron chi connectivity index (χ0n) is 35.1. The van der Waals surface area contributed by atoms with Gasteiger partial charge in [0.15, 0.2) is 8.07 Å². The highest BCUT2D eigenvalue weighted by atomic mass is 32.2. The molecular formula is C57H47NSSi. The molecule has 0 aliphatic carbocycles. The van der Waals surface area contributed by atoms with Crippen LogP contribution >= 0.6 is 11.8 Å². The van der Waals surface area contributed by atoms with E-state index < -0.39 is 13.5 Å². The summed E-state index contributed by atoms with van der Waals surface area (Å²) in [4.78, 5) is 5.22. The van der Waals surface area contributed by atoms with Crippen LogP contribution in [0.2, 0.25) is 0 Å². The molecule has 12 rings (SSSR count). The number of para-hydroxylation sites is 2. The van der Waals surface area contributed by atoms with E-state index in [9.17, 15) is 0 Å². The predicted octanol–water partition coefficient (Wildman–Crippen LogP) is 12.3. The molecule has 0 fully saturated rings. The smallest absolute Gasteiger partial charge is 0.182 e. The third kappa shape index (κ3) is 4.60. The second-order valence-corrected chi connectivity index (χ2v) is 24.0. The standard InChI is InChI=1S/C57H47NSSi/c1-55(2,3)36-27-30-40-41-31-28-37(56(4,5)6)34-53(41)60(52(40)33-36)51-26-16-7-17-39(51)42-32-29-38(35-54(42)60)58-47-22-12-8-18-43(47)57(44-19-9-13-23-48(44)58)45-20-10-14-24-49(45)59-50-25-15-11-21-46(50)57/h7-35H,1-6H3. The molecule has 0 saturated carbocycles.